The molecule has 2 atom stereocenters. The van der Waals surface area contributed by atoms with Gasteiger partial charge >= 0.3 is 0 Å². The number of alkyl halides is 1. The smallest absolute Gasteiger partial charge is 0.115 e. The second-order valence-corrected chi connectivity index (χ2v) is 4.66. The van der Waals surface area contributed by atoms with E-state index < -0.39 is 6.17 Å². The summed E-state index contributed by atoms with van der Waals surface area (Å²) in [7, 11) is 0. The predicted molar refractivity (Wildman–Crippen MR) is 52.4 cm³/mol. The molecule has 0 radical (unpaired) electrons. The molecular weight excluding hydrogens is 165 g/mol. The van der Waals surface area contributed by atoms with Gasteiger partial charge in [-0.15, -0.1) is 0 Å². The number of hydrogen-bond acceptors (Lipinski definition) is 1. The van der Waals surface area contributed by atoms with E-state index >= 15 is 0 Å². The SMILES string of the molecule is FC1CNCCC1CC1CCCC1. The van der Waals surface area contributed by atoms with Crippen molar-refractivity contribution >= 4 is 0 Å². The average molecular weight is 185 g/mol. The van der Waals surface area contributed by atoms with E-state index in [2.05, 4.69) is 5.32 Å². The molecule has 0 spiro atoms. The molecule has 1 aliphatic carbocycles. The van der Waals surface area contributed by atoms with Gasteiger partial charge in [0.1, 0.15) is 6.17 Å². The highest BCUT2D eigenvalue weighted by atomic mass is 19.1. The Kier molecular flexibility index (Phi) is 3.20. The molecule has 0 amide bonds. The molecule has 1 nitrogen and oxygen atoms in total. The van der Waals surface area contributed by atoms with Crippen molar-refractivity contribution in [3.63, 3.8) is 0 Å². The molecule has 0 aromatic heterocycles. The third-order valence-corrected chi connectivity index (χ3v) is 3.65. The van der Waals surface area contributed by atoms with Crippen molar-refractivity contribution < 1.29 is 4.39 Å². The topological polar surface area (TPSA) is 12.0 Å². The van der Waals surface area contributed by atoms with Crippen LogP contribution in [0.5, 0.6) is 0 Å². The summed E-state index contributed by atoms with van der Waals surface area (Å²) >= 11 is 0. The summed E-state index contributed by atoms with van der Waals surface area (Å²) in [6, 6.07) is 0. The van der Waals surface area contributed by atoms with Crippen molar-refractivity contribution in [2.75, 3.05) is 13.1 Å². The van der Waals surface area contributed by atoms with E-state index in [1.165, 1.54) is 25.7 Å². The minimum Gasteiger partial charge on any atom is -0.314 e. The first-order chi connectivity index (χ1) is 6.36. The maximum absolute atomic E-state index is 13.4. The molecule has 0 aromatic carbocycles. The molecule has 0 aromatic rings. The first kappa shape index (κ1) is 9.45. The highest BCUT2D eigenvalue weighted by Crippen LogP contribution is 2.33. The number of rotatable bonds is 2. The Morgan fingerprint density at radius 3 is 2.62 bits per heavy atom. The number of piperidine rings is 1. The van der Waals surface area contributed by atoms with Crippen LogP contribution in [-0.2, 0) is 0 Å². The second kappa shape index (κ2) is 4.41. The maximum Gasteiger partial charge on any atom is 0.115 e. The minimum absolute atomic E-state index is 0.365. The van der Waals surface area contributed by atoms with E-state index in [0.29, 0.717) is 12.5 Å². The van der Waals surface area contributed by atoms with Gasteiger partial charge in [0.15, 0.2) is 0 Å². The van der Waals surface area contributed by atoms with E-state index in [9.17, 15) is 4.39 Å². The van der Waals surface area contributed by atoms with Gasteiger partial charge in [0.25, 0.3) is 0 Å². The quantitative estimate of drug-likeness (QED) is 0.697. The molecule has 2 unspecified atom stereocenters. The van der Waals surface area contributed by atoms with Crippen molar-refractivity contribution in [2.45, 2.75) is 44.7 Å². The normalized spacial score (nSPS) is 36.7. The van der Waals surface area contributed by atoms with Gasteiger partial charge in [-0.05, 0) is 31.2 Å². The molecule has 2 rings (SSSR count). The lowest BCUT2D eigenvalue weighted by molar-refractivity contribution is 0.154. The lowest BCUT2D eigenvalue weighted by Crippen LogP contribution is -2.38. The van der Waals surface area contributed by atoms with E-state index in [0.717, 1.165) is 25.3 Å². The summed E-state index contributed by atoms with van der Waals surface area (Å²) < 4.78 is 13.4. The fraction of sp³-hybridized carbons (Fsp3) is 1.00. The van der Waals surface area contributed by atoms with Gasteiger partial charge in [-0.1, -0.05) is 25.7 Å². The fourth-order valence-corrected chi connectivity index (χ4v) is 2.81. The lowest BCUT2D eigenvalue weighted by Gasteiger charge is -2.28. The zero-order chi connectivity index (χ0) is 9.10. The standard InChI is InChI=1S/C11H20FN/c12-11-8-13-6-5-10(11)7-9-3-1-2-4-9/h9-11,13H,1-8H2. The van der Waals surface area contributed by atoms with Crippen LogP contribution in [0.1, 0.15) is 38.5 Å². The van der Waals surface area contributed by atoms with E-state index in [1.54, 1.807) is 0 Å². The molecule has 13 heavy (non-hydrogen) atoms. The van der Waals surface area contributed by atoms with Gasteiger partial charge < -0.3 is 5.32 Å². The zero-order valence-corrected chi connectivity index (χ0v) is 8.27. The Hall–Kier alpha value is -0.110. The van der Waals surface area contributed by atoms with E-state index in [1.807, 2.05) is 0 Å². The Morgan fingerprint density at radius 2 is 1.92 bits per heavy atom. The Morgan fingerprint density at radius 1 is 1.15 bits per heavy atom. The largest absolute Gasteiger partial charge is 0.314 e. The highest BCUT2D eigenvalue weighted by molar-refractivity contribution is 4.81. The van der Waals surface area contributed by atoms with Crippen LogP contribution in [0.25, 0.3) is 0 Å². The molecular formula is C11H20FN. The Labute approximate surface area is 80.1 Å². The highest BCUT2D eigenvalue weighted by Gasteiger charge is 2.28. The van der Waals surface area contributed by atoms with Crippen molar-refractivity contribution in [1.29, 1.82) is 0 Å². The van der Waals surface area contributed by atoms with Crippen molar-refractivity contribution in [2.24, 2.45) is 11.8 Å². The Bertz CT molecular complexity index is 154. The van der Waals surface area contributed by atoms with Gasteiger partial charge in [0.05, 0.1) is 0 Å². The van der Waals surface area contributed by atoms with Gasteiger partial charge in [0.2, 0.25) is 0 Å². The van der Waals surface area contributed by atoms with Gasteiger partial charge in [-0.2, -0.15) is 0 Å². The van der Waals surface area contributed by atoms with Crippen molar-refractivity contribution in [3.8, 4) is 0 Å². The fourth-order valence-electron chi connectivity index (χ4n) is 2.81. The van der Waals surface area contributed by atoms with Crippen LogP contribution in [0.3, 0.4) is 0 Å². The summed E-state index contributed by atoms with van der Waals surface area (Å²) in [5.41, 5.74) is 0. The molecule has 0 bridgehead atoms. The lowest BCUT2D eigenvalue weighted by atomic mass is 9.86. The van der Waals surface area contributed by atoms with Gasteiger partial charge in [-0.3, -0.25) is 0 Å². The molecule has 1 saturated heterocycles. The van der Waals surface area contributed by atoms with E-state index in [4.69, 9.17) is 0 Å². The van der Waals surface area contributed by atoms with Crippen LogP contribution < -0.4 is 5.32 Å². The molecule has 1 N–H and O–H groups in total. The molecule has 1 saturated carbocycles. The predicted octanol–water partition coefficient (Wildman–Crippen LogP) is 2.51. The monoisotopic (exact) mass is 185 g/mol. The zero-order valence-electron chi connectivity index (χ0n) is 8.27. The van der Waals surface area contributed by atoms with Crippen LogP contribution >= 0.6 is 0 Å². The molecule has 1 heterocycles. The third kappa shape index (κ3) is 2.43. The summed E-state index contributed by atoms with van der Waals surface area (Å²) in [6.45, 7) is 1.62. The van der Waals surface area contributed by atoms with Crippen molar-refractivity contribution in [1.82, 2.24) is 5.32 Å². The summed E-state index contributed by atoms with van der Waals surface area (Å²) in [5.74, 6) is 1.21. The molecule has 1 aliphatic heterocycles. The summed E-state index contributed by atoms with van der Waals surface area (Å²) in [5, 5.41) is 3.11. The molecule has 2 fully saturated rings. The van der Waals surface area contributed by atoms with Gasteiger partial charge in [0, 0.05) is 6.54 Å². The molecule has 2 heteroatoms. The maximum atomic E-state index is 13.4. The van der Waals surface area contributed by atoms with Crippen LogP contribution in [0.15, 0.2) is 0 Å². The van der Waals surface area contributed by atoms with Crippen LogP contribution in [0.4, 0.5) is 4.39 Å². The summed E-state index contributed by atoms with van der Waals surface area (Å²) in [4.78, 5) is 0. The summed E-state index contributed by atoms with van der Waals surface area (Å²) in [6.07, 6.45) is 7.11. The third-order valence-electron chi connectivity index (χ3n) is 3.65. The molecule has 76 valence electrons. The minimum atomic E-state index is -0.575. The van der Waals surface area contributed by atoms with Crippen LogP contribution in [-0.4, -0.2) is 19.3 Å². The molecule has 2 aliphatic rings. The second-order valence-electron chi connectivity index (χ2n) is 4.66. The number of nitrogens with one attached hydrogen (secondary N) is 1. The number of halogens is 1. The van der Waals surface area contributed by atoms with Crippen LogP contribution in [0, 0.1) is 11.8 Å². The van der Waals surface area contributed by atoms with Crippen molar-refractivity contribution in [3.05, 3.63) is 0 Å². The first-order valence-corrected chi connectivity index (χ1v) is 5.71. The number of hydrogen-bond donors (Lipinski definition) is 1. The first-order valence-electron chi connectivity index (χ1n) is 5.71. The van der Waals surface area contributed by atoms with Crippen LogP contribution in [0.2, 0.25) is 0 Å². The van der Waals surface area contributed by atoms with E-state index in [-0.39, 0.29) is 0 Å². The average Bonchev–Trinajstić information content (AvgIpc) is 2.61. The van der Waals surface area contributed by atoms with Gasteiger partial charge in [-0.25, -0.2) is 4.39 Å². The Balaban J connectivity index is 1.78.